The fourth-order valence-electron chi connectivity index (χ4n) is 1.41. The van der Waals surface area contributed by atoms with E-state index in [9.17, 15) is 18.0 Å². The van der Waals surface area contributed by atoms with E-state index in [1.54, 1.807) is 0 Å². The molecule has 2 aromatic heterocycles. The van der Waals surface area contributed by atoms with Gasteiger partial charge in [-0.1, -0.05) is 0 Å². The number of hydrogen-bond donors (Lipinski definition) is 1. The van der Waals surface area contributed by atoms with Crippen molar-refractivity contribution in [1.82, 2.24) is 14.6 Å². The molecular formula is C9H6F3N3O2. The molecule has 1 N–H and O–H groups in total. The van der Waals surface area contributed by atoms with Crippen molar-refractivity contribution in [2.75, 3.05) is 0 Å². The van der Waals surface area contributed by atoms with Crippen molar-refractivity contribution in [2.45, 2.75) is 12.6 Å². The predicted molar refractivity (Wildman–Crippen MR) is 49.3 cm³/mol. The second-order valence-corrected chi connectivity index (χ2v) is 3.36. The molecule has 0 saturated carbocycles. The van der Waals surface area contributed by atoms with Crippen LogP contribution in [-0.2, 0) is 17.4 Å². The number of carbonyl (C=O) groups is 1. The highest BCUT2D eigenvalue weighted by Gasteiger charge is 2.36. The molecule has 0 unspecified atom stereocenters. The van der Waals surface area contributed by atoms with Gasteiger partial charge < -0.3 is 5.11 Å². The first-order valence-corrected chi connectivity index (χ1v) is 4.50. The van der Waals surface area contributed by atoms with Gasteiger partial charge in [0.15, 0.2) is 5.65 Å². The number of hydrogen-bond acceptors (Lipinski definition) is 3. The van der Waals surface area contributed by atoms with Gasteiger partial charge >= 0.3 is 12.1 Å². The summed E-state index contributed by atoms with van der Waals surface area (Å²) >= 11 is 0. The summed E-state index contributed by atoms with van der Waals surface area (Å²) in [5, 5.41) is 14.9. The smallest absolute Gasteiger partial charge is 0.452 e. The number of halogens is 3. The lowest BCUT2D eigenvalue weighted by atomic mass is 10.2. The number of aromatic nitrogens is 3. The molecule has 0 aliphatic heterocycles. The quantitative estimate of drug-likeness (QED) is 0.867. The Morgan fingerprint density at radius 2 is 2.12 bits per heavy atom. The van der Waals surface area contributed by atoms with E-state index in [-0.39, 0.29) is 12.1 Å². The molecule has 0 spiro atoms. The molecule has 0 atom stereocenters. The van der Waals surface area contributed by atoms with Gasteiger partial charge in [-0.2, -0.15) is 13.2 Å². The van der Waals surface area contributed by atoms with Crippen LogP contribution in [0.15, 0.2) is 18.3 Å². The summed E-state index contributed by atoms with van der Waals surface area (Å²) in [6.45, 7) is 0. The summed E-state index contributed by atoms with van der Waals surface area (Å²) in [6.07, 6.45) is -3.76. The van der Waals surface area contributed by atoms with E-state index in [0.29, 0.717) is 5.56 Å². The highest BCUT2D eigenvalue weighted by atomic mass is 19.4. The molecule has 0 aliphatic rings. The molecule has 2 rings (SSSR count). The van der Waals surface area contributed by atoms with Crippen LogP contribution in [0.2, 0.25) is 0 Å². The third-order valence-corrected chi connectivity index (χ3v) is 2.08. The van der Waals surface area contributed by atoms with Crippen LogP contribution in [0, 0.1) is 0 Å². The number of carboxylic acid groups (broad SMARTS) is 1. The van der Waals surface area contributed by atoms with E-state index in [2.05, 4.69) is 10.2 Å². The van der Waals surface area contributed by atoms with Crippen molar-refractivity contribution in [1.29, 1.82) is 0 Å². The third-order valence-electron chi connectivity index (χ3n) is 2.08. The van der Waals surface area contributed by atoms with Crippen LogP contribution in [0.5, 0.6) is 0 Å². The van der Waals surface area contributed by atoms with Crippen molar-refractivity contribution in [3.63, 3.8) is 0 Å². The van der Waals surface area contributed by atoms with Gasteiger partial charge in [-0.25, -0.2) is 0 Å². The van der Waals surface area contributed by atoms with Gasteiger partial charge in [0.05, 0.1) is 6.42 Å². The summed E-state index contributed by atoms with van der Waals surface area (Å²) < 4.78 is 38.1. The molecule has 0 bridgehead atoms. The van der Waals surface area contributed by atoms with Crippen molar-refractivity contribution >= 4 is 11.6 Å². The second kappa shape index (κ2) is 3.72. The zero-order chi connectivity index (χ0) is 12.6. The summed E-state index contributed by atoms with van der Waals surface area (Å²) in [5.41, 5.74) is 0.335. The van der Waals surface area contributed by atoms with Gasteiger partial charge in [-0.3, -0.25) is 9.20 Å². The topological polar surface area (TPSA) is 67.5 Å². The maximum Gasteiger partial charge on any atom is 0.452 e. The van der Waals surface area contributed by atoms with Crippen molar-refractivity contribution in [2.24, 2.45) is 0 Å². The molecule has 0 fully saturated rings. The minimum absolute atomic E-state index is 0.0314. The monoisotopic (exact) mass is 245 g/mol. The van der Waals surface area contributed by atoms with Crippen molar-refractivity contribution < 1.29 is 23.1 Å². The van der Waals surface area contributed by atoms with Crippen LogP contribution in [-0.4, -0.2) is 25.7 Å². The standard InChI is InChI=1S/C9H6F3N3O2/c10-9(11,12)8-14-13-6-3-5(4-7(16)17)1-2-15(6)8/h1-3H,4H2,(H,16,17). The van der Waals surface area contributed by atoms with Gasteiger partial charge in [0.1, 0.15) is 0 Å². The van der Waals surface area contributed by atoms with Crippen LogP contribution in [0.1, 0.15) is 11.4 Å². The Balaban J connectivity index is 2.48. The second-order valence-electron chi connectivity index (χ2n) is 3.36. The highest BCUT2D eigenvalue weighted by molar-refractivity contribution is 5.70. The third kappa shape index (κ3) is 2.19. The molecule has 0 aromatic carbocycles. The van der Waals surface area contributed by atoms with Gasteiger partial charge in [-0.15, -0.1) is 10.2 Å². The Bertz CT molecular complexity index is 576. The van der Waals surface area contributed by atoms with E-state index in [1.807, 2.05) is 0 Å². The van der Waals surface area contributed by atoms with Crippen molar-refractivity contribution in [3.05, 3.63) is 29.7 Å². The highest BCUT2D eigenvalue weighted by Crippen LogP contribution is 2.27. The average Bonchev–Trinajstić information content (AvgIpc) is 2.58. The van der Waals surface area contributed by atoms with Crippen LogP contribution < -0.4 is 0 Å². The fraction of sp³-hybridized carbons (Fsp3) is 0.222. The van der Waals surface area contributed by atoms with Crippen LogP contribution in [0.3, 0.4) is 0 Å². The minimum atomic E-state index is -4.59. The largest absolute Gasteiger partial charge is 0.481 e. The number of aliphatic carboxylic acids is 1. The molecule has 0 saturated heterocycles. The van der Waals surface area contributed by atoms with Crippen LogP contribution in [0.25, 0.3) is 5.65 Å². The number of fused-ring (bicyclic) bond motifs is 1. The molecule has 2 heterocycles. The Morgan fingerprint density at radius 1 is 1.41 bits per heavy atom. The summed E-state index contributed by atoms with van der Waals surface area (Å²) in [4.78, 5) is 10.4. The zero-order valence-electron chi connectivity index (χ0n) is 8.27. The number of rotatable bonds is 2. The lowest BCUT2D eigenvalue weighted by Crippen LogP contribution is -2.10. The van der Waals surface area contributed by atoms with E-state index in [0.717, 1.165) is 10.6 Å². The number of pyridine rings is 1. The Kier molecular flexibility index (Phi) is 2.49. The van der Waals surface area contributed by atoms with E-state index < -0.39 is 18.0 Å². The average molecular weight is 245 g/mol. The predicted octanol–water partition coefficient (Wildman–Crippen LogP) is 1.38. The summed E-state index contributed by atoms with van der Waals surface area (Å²) in [6, 6.07) is 2.55. The number of carboxylic acids is 1. The zero-order valence-corrected chi connectivity index (χ0v) is 8.27. The molecular weight excluding hydrogens is 239 g/mol. The Labute approximate surface area is 92.5 Å². The number of nitrogens with zero attached hydrogens (tertiary/aromatic N) is 3. The molecule has 5 nitrogen and oxygen atoms in total. The van der Waals surface area contributed by atoms with Crippen LogP contribution in [0.4, 0.5) is 13.2 Å². The summed E-state index contributed by atoms with van der Waals surface area (Å²) in [7, 11) is 0. The van der Waals surface area contributed by atoms with Crippen molar-refractivity contribution in [3.8, 4) is 0 Å². The first-order chi connectivity index (χ1) is 7.88. The Morgan fingerprint density at radius 3 is 2.71 bits per heavy atom. The van der Waals surface area contributed by atoms with E-state index in [1.165, 1.54) is 12.1 Å². The van der Waals surface area contributed by atoms with Gasteiger partial charge in [0, 0.05) is 6.20 Å². The fourth-order valence-corrected chi connectivity index (χ4v) is 1.41. The normalized spacial score (nSPS) is 11.9. The van der Waals surface area contributed by atoms with Gasteiger partial charge in [0.25, 0.3) is 0 Å². The molecule has 90 valence electrons. The molecule has 2 aromatic rings. The maximum atomic E-state index is 12.4. The molecule has 8 heteroatoms. The lowest BCUT2D eigenvalue weighted by molar-refractivity contribution is -0.145. The SMILES string of the molecule is O=C(O)Cc1ccn2c(C(F)(F)F)nnc2c1. The first kappa shape index (κ1) is 11.4. The van der Waals surface area contributed by atoms with Gasteiger partial charge in [0.2, 0.25) is 5.82 Å². The molecule has 17 heavy (non-hydrogen) atoms. The minimum Gasteiger partial charge on any atom is -0.481 e. The van der Waals surface area contributed by atoms with Crippen LogP contribution >= 0.6 is 0 Å². The number of alkyl halides is 3. The molecule has 0 amide bonds. The lowest BCUT2D eigenvalue weighted by Gasteiger charge is -2.04. The van der Waals surface area contributed by atoms with E-state index in [4.69, 9.17) is 5.11 Å². The van der Waals surface area contributed by atoms with Gasteiger partial charge in [-0.05, 0) is 17.7 Å². The maximum absolute atomic E-state index is 12.4. The van der Waals surface area contributed by atoms with E-state index >= 15 is 0 Å². The molecule has 0 aliphatic carbocycles. The summed E-state index contributed by atoms with van der Waals surface area (Å²) in [5.74, 6) is -2.20. The first-order valence-electron chi connectivity index (χ1n) is 4.50. The molecule has 0 radical (unpaired) electrons. The Hall–Kier alpha value is -2.12.